The molecule has 0 aromatic carbocycles. The van der Waals surface area contributed by atoms with Crippen molar-refractivity contribution in [3.05, 3.63) is 17.5 Å². The fourth-order valence-corrected chi connectivity index (χ4v) is 2.08. The minimum Gasteiger partial charge on any atom is -0.480 e. The molecule has 0 aliphatic heterocycles. The molecule has 6 heteroatoms. The lowest BCUT2D eigenvalue weighted by atomic mass is 10.1. The number of nitrogens with one attached hydrogen (secondary N) is 1. The van der Waals surface area contributed by atoms with E-state index in [4.69, 9.17) is 5.11 Å². The Hall–Kier alpha value is -1.85. The number of aryl methyl sites for hydroxylation is 1. The Morgan fingerprint density at radius 1 is 1.58 bits per heavy atom. The molecule has 1 saturated carbocycles. The molecule has 0 unspecified atom stereocenters. The first kappa shape index (κ1) is 13.6. The zero-order valence-corrected chi connectivity index (χ0v) is 11.2. The van der Waals surface area contributed by atoms with E-state index in [0.717, 1.165) is 31.5 Å². The molecule has 1 aromatic heterocycles. The van der Waals surface area contributed by atoms with Crippen molar-refractivity contribution in [2.24, 2.45) is 0 Å². The molecule has 1 heterocycles. The lowest BCUT2D eigenvalue weighted by molar-refractivity contribution is -0.138. The summed E-state index contributed by atoms with van der Waals surface area (Å²) in [5.74, 6) is -0.989. The normalized spacial score (nSPS) is 16.1. The van der Waals surface area contributed by atoms with Gasteiger partial charge in [0.1, 0.15) is 6.04 Å². The van der Waals surface area contributed by atoms with Gasteiger partial charge < -0.3 is 10.4 Å². The summed E-state index contributed by atoms with van der Waals surface area (Å²) in [6.07, 6.45) is 4.65. The van der Waals surface area contributed by atoms with Crippen LogP contribution in [0.3, 0.4) is 0 Å². The number of aliphatic carboxylic acids is 1. The van der Waals surface area contributed by atoms with Crippen LogP contribution >= 0.6 is 0 Å². The number of carboxylic acids is 1. The summed E-state index contributed by atoms with van der Waals surface area (Å²) < 4.78 is 1.87. The number of rotatable bonds is 6. The summed E-state index contributed by atoms with van der Waals surface area (Å²) >= 11 is 0. The van der Waals surface area contributed by atoms with E-state index >= 15 is 0 Å². The molecule has 0 radical (unpaired) electrons. The van der Waals surface area contributed by atoms with Gasteiger partial charge in [0.2, 0.25) is 0 Å². The fraction of sp³-hybridized carbons (Fsp3) is 0.615. The lowest BCUT2D eigenvalue weighted by Gasteiger charge is -2.10. The molecule has 1 aliphatic carbocycles. The number of aromatic nitrogens is 2. The Morgan fingerprint density at radius 2 is 2.26 bits per heavy atom. The quantitative estimate of drug-likeness (QED) is 0.813. The number of carboxylic acid groups (broad SMARTS) is 1. The molecule has 0 spiro atoms. The second-order valence-corrected chi connectivity index (χ2v) is 4.97. The summed E-state index contributed by atoms with van der Waals surface area (Å²) in [4.78, 5) is 22.9. The van der Waals surface area contributed by atoms with Crippen LogP contribution in [0.1, 0.15) is 55.1 Å². The smallest absolute Gasteiger partial charge is 0.325 e. The Kier molecular flexibility index (Phi) is 3.87. The highest BCUT2D eigenvalue weighted by Gasteiger charge is 2.32. The van der Waals surface area contributed by atoms with Crippen LogP contribution in [0.2, 0.25) is 0 Å². The van der Waals surface area contributed by atoms with E-state index in [0.29, 0.717) is 11.5 Å². The first-order valence-electron chi connectivity index (χ1n) is 6.64. The van der Waals surface area contributed by atoms with Crippen molar-refractivity contribution in [1.29, 1.82) is 0 Å². The Labute approximate surface area is 111 Å². The predicted octanol–water partition coefficient (Wildman–Crippen LogP) is 1.37. The molecule has 1 amide bonds. The van der Waals surface area contributed by atoms with Crippen LogP contribution in [0, 0.1) is 0 Å². The first-order chi connectivity index (χ1) is 9.04. The summed E-state index contributed by atoms with van der Waals surface area (Å²) in [6.45, 7) is 4.30. The molecule has 1 atom stereocenters. The van der Waals surface area contributed by atoms with Crippen LogP contribution in [0.4, 0.5) is 0 Å². The second-order valence-electron chi connectivity index (χ2n) is 4.97. The molecule has 1 aliphatic rings. The molecule has 6 nitrogen and oxygen atoms in total. The average Bonchev–Trinajstić information content (AvgIpc) is 3.11. The van der Waals surface area contributed by atoms with E-state index in [-0.39, 0.29) is 5.91 Å². The maximum atomic E-state index is 12.1. The minimum absolute atomic E-state index is 0.348. The molecule has 104 valence electrons. The molecule has 19 heavy (non-hydrogen) atoms. The van der Waals surface area contributed by atoms with E-state index in [1.807, 2.05) is 4.68 Å². The maximum Gasteiger partial charge on any atom is 0.325 e. The summed E-state index contributed by atoms with van der Waals surface area (Å²) in [5, 5.41) is 15.6. The van der Waals surface area contributed by atoms with Crippen molar-refractivity contribution in [3.8, 4) is 0 Å². The summed E-state index contributed by atoms with van der Waals surface area (Å²) in [5.41, 5.74) is 1.47. The van der Waals surface area contributed by atoms with Gasteiger partial charge >= 0.3 is 5.97 Å². The Bertz CT molecular complexity index is 491. The minimum atomic E-state index is -1.04. The van der Waals surface area contributed by atoms with E-state index < -0.39 is 12.0 Å². The molecule has 0 bridgehead atoms. The molecule has 1 fully saturated rings. The molecule has 1 aromatic rings. The monoisotopic (exact) mass is 265 g/mol. The summed E-state index contributed by atoms with van der Waals surface area (Å²) in [6, 6.07) is -0.894. The van der Waals surface area contributed by atoms with Gasteiger partial charge in [-0.1, -0.05) is 6.92 Å². The van der Waals surface area contributed by atoms with Crippen LogP contribution in [-0.4, -0.2) is 32.8 Å². The van der Waals surface area contributed by atoms with Gasteiger partial charge in [-0.05, 0) is 26.2 Å². The highest BCUT2D eigenvalue weighted by molar-refractivity contribution is 5.97. The van der Waals surface area contributed by atoms with Crippen LogP contribution < -0.4 is 5.32 Å². The molecule has 0 saturated heterocycles. The van der Waals surface area contributed by atoms with Gasteiger partial charge in [0, 0.05) is 12.5 Å². The third-order valence-corrected chi connectivity index (χ3v) is 3.24. The predicted molar refractivity (Wildman–Crippen MR) is 69.1 cm³/mol. The molecule has 2 rings (SSSR count). The zero-order valence-electron chi connectivity index (χ0n) is 11.2. The largest absolute Gasteiger partial charge is 0.480 e. The van der Waals surface area contributed by atoms with E-state index in [1.165, 1.54) is 6.92 Å². The topological polar surface area (TPSA) is 84.2 Å². The fourth-order valence-electron chi connectivity index (χ4n) is 2.08. The van der Waals surface area contributed by atoms with Crippen molar-refractivity contribution in [3.63, 3.8) is 0 Å². The van der Waals surface area contributed by atoms with Gasteiger partial charge in [-0.3, -0.25) is 14.3 Å². The molecular weight excluding hydrogens is 246 g/mol. The third kappa shape index (κ3) is 2.94. The standard InChI is InChI=1S/C13H19N3O3/c1-3-6-16-11(9-4-5-9)10(7-14-16)12(17)15-8(2)13(18)19/h7-9H,3-6H2,1-2H3,(H,15,17)(H,18,19)/t8-/m0/s1. The highest BCUT2D eigenvalue weighted by atomic mass is 16.4. The number of carbonyl (C=O) groups is 2. The van der Waals surface area contributed by atoms with E-state index in [1.54, 1.807) is 6.20 Å². The second kappa shape index (κ2) is 5.42. The van der Waals surface area contributed by atoms with Crippen molar-refractivity contribution in [2.75, 3.05) is 0 Å². The summed E-state index contributed by atoms with van der Waals surface area (Å²) in [7, 11) is 0. The van der Waals surface area contributed by atoms with Gasteiger partial charge in [0.15, 0.2) is 0 Å². The first-order valence-corrected chi connectivity index (χ1v) is 6.64. The SMILES string of the molecule is CCCn1ncc(C(=O)N[C@@H](C)C(=O)O)c1C1CC1. The molecule has 2 N–H and O–H groups in total. The maximum absolute atomic E-state index is 12.1. The van der Waals surface area contributed by atoms with Crippen LogP contribution in [0.15, 0.2) is 6.20 Å². The van der Waals surface area contributed by atoms with Gasteiger partial charge in [0.25, 0.3) is 5.91 Å². The van der Waals surface area contributed by atoms with Crippen molar-refractivity contribution >= 4 is 11.9 Å². The van der Waals surface area contributed by atoms with Crippen molar-refractivity contribution < 1.29 is 14.7 Å². The van der Waals surface area contributed by atoms with Crippen LogP contribution in [0.5, 0.6) is 0 Å². The zero-order chi connectivity index (χ0) is 14.0. The van der Waals surface area contributed by atoms with E-state index in [2.05, 4.69) is 17.3 Å². The van der Waals surface area contributed by atoms with E-state index in [9.17, 15) is 9.59 Å². The number of carbonyl (C=O) groups excluding carboxylic acids is 1. The molecular formula is C13H19N3O3. The van der Waals surface area contributed by atoms with Gasteiger partial charge in [-0.15, -0.1) is 0 Å². The number of hydrogen-bond acceptors (Lipinski definition) is 3. The van der Waals surface area contributed by atoms with Crippen molar-refractivity contribution in [2.45, 2.75) is 51.6 Å². The number of hydrogen-bond donors (Lipinski definition) is 2. The van der Waals surface area contributed by atoms with Gasteiger partial charge in [-0.2, -0.15) is 5.10 Å². The number of nitrogens with zero attached hydrogens (tertiary/aromatic N) is 2. The van der Waals surface area contributed by atoms with Crippen LogP contribution in [0.25, 0.3) is 0 Å². The average molecular weight is 265 g/mol. The number of amides is 1. The van der Waals surface area contributed by atoms with Crippen molar-refractivity contribution in [1.82, 2.24) is 15.1 Å². The van der Waals surface area contributed by atoms with Gasteiger partial charge in [0.05, 0.1) is 17.5 Å². The van der Waals surface area contributed by atoms with Crippen LogP contribution in [-0.2, 0) is 11.3 Å². The third-order valence-electron chi connectivity index (χ3n) is 3.24. The van der Waals surface area contributed by atoms with Gasteiger partial charge in [-0.25, -0.2) is 0 Å². The Balaban J connectivity index is 2.19. The highest BCUT2D eigenvalue weighted by Crippen LogP contribution is 2.41. The Morgan fingerprint density at radius 3 is 2.79 bits per heavy atom. The lowest BCUT2D eigenvalue weighted by Crippen LogP contribution is -2.38.